The van der Waals surface area contributed by atoms with E-state index in [-0.39, 0.29) is 11.6 Å². The maximum atomic E-state index is 14.9. The smallest absolute Gasteiger partial charge is 0.320 e. The number of rotatable bonds is 3. The average Bonchev–Trinajstić information content (AvgIpc) is 3.37. The van der Waals surface area contributed by atoms with Gasteiger partial charge in [0.25, 0.3) is 5.56 Å². The minimum Gasteiger partial charge on any atom is -0.375 e. The summed E-state index contributed by atoms with van der Waals surface area (Å²) in [6.07, 6.45) is 3.27. The minimum absolute atomic E-state index is 0.0315. The molecule has 1 radical (unpaired) electrons. The Hall–Kier alpha value is -2.83. The third-order valence-corrected chi connectivity index (χ3v) is 9.85. The Labute approximate surface area is 191 Å². The van der Waals surface area contributed by atoms with Crippen molar-refractivity contribution in [3.8, 4) is 0 Å². The van der Waals surface area contributed by atoms with E-state index in [4.69, 9.17) is 0 Å². The molecule has 0 atom stereocenters. The van der Waals surface area contributed by atoms with Crippen LogP contribution in [0.5, 0.6) is 0 Å². The SMILES string of the molecule is O=C(N1CCCC1)N1CC[P](O)(c2cc(Cc3n[nH]c(=O)c4ccccc34)ccc2F)CC1. The van der Waals surface area contributed by atoms with Gasteiger partial charge in [0, 0.05) is 63.1 Å². The van der Waals surface area contributed by atoms with Crippen molar-refractivity contribution in [3.63, 3.8) is 0 Å². The van der Waals surface area contributed by atoms with Crippen molar-refractivity contribution >= 4 is 29.6 Å². The van der Waals surface area contributed by atoms with E-state index in [1.165, 1.54) is 6.07 Å². The number of hydrogen-bond acceptors (Lipinski definition) is 4. The lowest BCUT2D eigenvalue weighted by Crippen LogP contribution is -2.48. The number of fused-ring (bicyclic) bond motifs is 1. The van der Waals surface area contributed by atoms with E-state index in [1.54, 1.807) is 29.2 Å². The maximum Gasteiger partial charge on any atom is 0.320 e. The van der Waals surface area contributed by atoms with Crippen LogP contribution in [0.25, 0.3) is 10.8 Å². The van der Waals surface area contributed by atoms with Crippen LogP contribution in [0.4, 0.5) is 9.18 Å². The molecule has 0 bridgehead atoms. The highest BCUT2D eigenvalue weighted by Gasteiger charge is 2.37. The number of H-pyrrole nitrogens is 1. The van der Waals surface area contributed by atoms with Gasteiger partial charge in [-0.15, -0.1) is 0 Å². The number of benzene rings is 2. The zero-order valence-corrected chi connectivity index (χ0v) is 19.2. The molecular weight excluding hydrogens is 442 g/mol. The summed E-state index contributed by atoms with van der Waals surface area (Å²) < 4.78 is 14.9. The highest BCUT2D eigenvalue weighted by Crippen LogP contribution is 2.55. The van der Waals surface area contributed by atoms with Crippen molar-refractivity contribution in [2.24, 2.45) is 0 Å². The molecule has 2 aliphatic heterocycles. The largest absolute Gasteiger partial charge is 0.375 e. The minimum atomic E-state index is -2.72. The Morgan fingerprint density at radius 2 is 1.70 bits per heavy atom. The van der Waals surface area contributed by atoms with Gasteiger partial charge < -0.3 is 14.7 Å². The summed E-state index contributed by atoms with van der Waals surface area (Å²) in [6, 6.07) is 12.1. The summed E-state index contributed by atoms with van der Waals surface area (Å²) >= 11 is 0. The van der Waals surface area contributed by atoms with E-state index in [2.05, 4.69) is 10.2 Å². The molecule has 2 aliphatic rings. The molecule has 3 heterocycles. The second-order valence-corrected chi connectivity index (χ2v) is 12.1. The first-order valence-electron chi connectivity index (χ1n) is 11.3. The fraction of sp³-hybridized carbons (Fsp3) is 0.375. The van der Waals surface area contributed by atoms with Gasteiger partial charge in [-0.2, -0.15) is 5.10 Å². The molecule has 2 saturated heterocycles. The Bertz CT molecular complexity index is 1250. The Morgan fingerprint density at radius 3 is 2.42 bits per heavy atom. The summed E-state index contributed by atoms with van der Waals surface area (Å²) in [5, 5.41) is 8.43. The van der Waals surface area contributed by atoms with Crippen LogP contribution < -0.4 is 10.9 Å². The van der Waals surface area contributed by atoms with Crippen molar-refractivity contribution < 1.29 is 14.1 Å². The van der Waals surface area contributed by atoms with Gasteiger partial charge in [-0.25, -0.2) is 14.3 Å². The van der Waals surface area contributed by atoms with Gasteiger partial charge in [0.2, 0.25) is 0 Å². The van der Waals surface area contributed by atoms with Crippen molar-refractivity contribution in [3.05, 3.63) is 69.9 Å². The number of hydrogen-bond donors (Lipinski definition) is 2. The lowest BCUT2D eigenvalue weighted by molar-refractivity contribution is 0.166. The monoisotopic (exact) mass is 469 g/mol. The molecule has 5 rings (SSSR count). The highest BCUT2D eigenvalue weighted by atomic mass is 31.2. The van der Waals surface area contributed by atoms with Crippen LogP contribution in [-0.2, 0) is 6.42 Å². The summed E-state index contributed by atoms with van der Waals surface area (Å²) in [7, 11) is -2.72. The predicted octanol–water partition coefficient (Wildman–Crippen LogP) is 2.73. The number of likely N-dealkylation sites (tertiary alicyclic amines) is 1. The fourth-order valence-corrected chi connectivity index (χ4v) is 7.55. The Morgan fingerprint density at radius 1 is 1.03 bits per heavy atom. The van der Waals surface area contributed by atoms with Crippen LogP contribution in [0.15, 0.2) is 47.3 Å². The Kier molecular flexibility index (Phi) is 5.89. The summed E-state index contributed by atoms with van der Waals surface area (Å²) in [4.78, 5) is 39.8. The summed E-state index contributed by atoms with van der Waals surface area (Å²) in [5.41, 5.74) is 1.27. The van der Waals surface area contributed by atoms with Gasteiger partial charge in [0.1, 0.15) is 5.82 Å². The van der Waals surface area contributed by atoms with Crippen molar-refractivity contribution in [1.29, 1.82) is 0 Å². The average molecular weight is 469 g/mol. The van der Waals surface area contributed by atoms with Crippen LogP contribution in [-0.4, -0.2) is 69.4 Å². The van der Waals surface area contributed by atoms with Gasteiger partial charge in [0.15, 0.2) is 0 Å². The lowest BCUT2D eigenvalue weighted by atomic mass is 10.0. The van der Waals surface area contributed by atoms with Gasteiger partial charge in [-0.1, -0.05) is 24.3 Å². The third kappa shape index (κ3) is 4.25. The van der Waals surface area contributed by atoms with Crippen molar-refractivity contribution in [2.45, 2.75) is 19.3 Å². The van der Waals surface area contributed by atoms with Gasteiger partial charge in [0.05, 0.1) is 11.1 Å². The number of carbonyl (C=O) groups is 1. The highest BCUT2D eigenvalue weighted by molar-refractivity contribution is 7.77. The molecule has 0 saturated carbocycles. The van der Waals surface area contributed by atoms with E-state index in [9.17, 15) is 18.9 Å². The van der Waals surface area contributed by atoms with Gasteiger partial charge in [-0.3, -0.25) is 4.79 Å². The Balaban J connectivity index is 1.37. The molecule has 3 aromatic rings. The second kappa shape index (κ2) is 8.84. The van der Waals surface area contributed by atoms with Crippen molar-refractivity contribution in [2.75, 3.05) is 38.5 Å². The normalized spacial score (nSPS) is 18.1. The lowest BCUT2D eigenvalue weighted by Gasteiger charge is -2.41. The number of carbonyl (C=O) groups excluding carboxylic acids is 1. The molecule has 2 aromatic carbocycles. The quantitative estimate of drug-likeness (QED) is 0.578. The van der Waals surface area contributed by atoms with Crippen LogP contribution in [0.3, 0.4) is 0 Å². The number of urea groups is 1. The van der Waals surface area contributed by atoms with Gasteiger partial charge in [-0.05, 0) is 36.6 Å². The molecule has 7 nitrogen and oxygen atoms in total. The first kappa shape index (κ1) is 22.0. The fourth-order valence-electron chi connectivity index (χ4n) is 4.82. The topological polar surface area (TPSA) is 89.5 Å². The zero-order valence-electron chi connectivity index (χ0n) is 18.3. The molecule has 0 aliphatic carbocycles. The number of nitrogens with one attached hydrogen (secondary N) is 1. The number of aromatic nitrogens is 2. The number of aromatic amines is 1. The molecule has 1 aromatic heterocycles. The van der Waals surface area contributed by atoms with Crippen LogP contribution >= 0.6 is 7.49 Å². The molecular formula is C24H27FN4O3P. The van der Waals surface area contributed by atoms with E-state index < -0.39 is 13.3 Å². The van der Waals surface area contributed by atoms with Crippen LogP contribution in [0.1, 0.15) is 24.1 Å². The van der Waals surface area contributed by atoms with E-state index in [0.29, 0.717) is 48.2 Å². The second-order valence-electron chi connectivity index (χ2n) is 8.84. The van der Waals surface area contributed by atoms with Crippen LogP contribution in [0, 0.1) is 5.82 Å². The molecule has 0 spiro atoms. The third-order valence-electron chi connectivity index (χ3n) is 6.73. The van der Waals surface area contributed by atoms with E-state index in [1.807, 2.05) is 17.0 Å². The first-order valence-corrected chi connectivity index (χ1v) is 13.4. The summed E-state index contributed by atoms with van der Waals surface area (Å²) in [6.45, 7) is 2.46. The zero-order chi connectivity index (χ0) is 23.0. The summed E-state index contributed by atoms with van der Waals surface area (Å²) in [5.74, 6) is -0.409. The molecule has 33 heavy (non-hydrogen) atoms. The molecule has 9 heteroatoms. The van der Waals surface area contributed by atoms with Crippen LogP contribution in [0.2, 0.25) is 0 Å². The maximum absolute atomic E-state index is 14.9. The van der Waals surface area contributed by atoms with Gasteiger partial charge >= 0.3 is 6.03 Å². The molecule has 2 amide bonds. The molecule has 173 valence electrons. The first-order chi connectivity index (χ1) is 15.9. The predicted molar refractivity (Wildman–Crippen MR) is 128 cm³/mol. The van der Waals surface area contributed by atoms with E-state index >= 15 is 0 Å². The standard InChI is InChI=1S/C24H27FN4O3P/c25-20-8-7-17(15-21-18-5-1-2-6-19(18)23(30)27-26-21)16-22(20)33(32)13-11-29(12-14-33)24(31)28-9-3-4-10-28/h1-2,5-8,16,32H,3-4,9-15H2,(H,27,30). The molecule has 0 unspecified atom stereocenters. The van der Waals surface area contributed by atoms with Crippen molar-refractivity contribution in [1.82, 2.24) is 20.0 Å². The molecule has 2 N–H and O–H groups in total. The molecule has 2 fully saturated rings. The van der Waals surface area contributed by atoms with E-state index in [0.717, 1.165) is 36.9 Å². The number of nitrogens with zero attached hydrogens (tertiary/aromatic N) is 3. The number of amides is 2. The number of halogens is 1.